The summed E-state index contributed by atoms with van der Waals surface area (Å²) in [5.41, 5.74) is 3.66. The van der Waals surface area contributed by atoms with Crippen molar-refractivity contribution < 1.29 is 5.11 Å². The molecule has 312 valence electrons. The second-order valence-corrected chi connectivity index (χ2v) is 22.0. The van der Waals surface area contributed by atoms with Crippen molar-refractivity contribution in [2.75, 3.05) is 12.3 Å². The molecule has 0 amide bonds. The molecule has 1 N–H and O–H groups in total. The molecule has 0 bridgehead atoms. The zero-order valence-electron chi connectivity index (χ0n) is 37.8. The van der Waals surface area contributed by atoms with Crippen LogP contribution in [0.4, 0.5) is 0 Å². The van der Waals surface area contributed by atoms with E-state index in [-0.39, 0.29) is 18.8 Å². The SMILES string of the molecule is CCCCCCCCCCCCCCCCCCP(CCCCCCCCCCCCCCCCCC)Cc1cc(C(C)(C)C)c(O)c(C(C)(C)C)c1. The van der Waals surface area contributed by atoms with Crippen molar-refractivity contribution in [2.45, 2.75) is 278 Å². The number of rotatable bonds is 36. The predicted octanol–water partition coefficient (Wildman–Crippen LogP) is 18.5. The molecule has 0 atom stereocenters. The van der Waals surface area contributed by atoms with Crippen LogP contribution >= 0.6 is 7.92 Å². The minimum Gasteiger partial charge on any atom is -0.507 e. The molecule has 0 saturated carbocycles. The van der Waals surface area contributed by atoms with Gasteiger partial charge < -0.3 is 5.11 Å². The summed E-state index contributed by atoms with van der Waals surface area (Å²) in [5.74, 6) is 0.536. The average Bonchev–Trinajstić information content (AvgIpc) is 3.10. The van der Waals surface area contributed by atoms with Crippen molar-refractivity contribution >= 4 is 7.92 Å². The van der Waals surface area contributed by atoms with Gasteiger partial charge in [-0.25, -0.2) is 0 Å². The standard InChI is InChI=1S/C51H97OP/c1-9-11-13-15-17-19-21-23-25-27-29-31-33-35-37-39-41-53(45-46-43-47(50(3,4)5)49(52)48(44-46)51(6,7)8)42-40-38-36-34-32-30-28-26-24-22-20-18-16-14-12-10-2/h43-44,52H,9-42,45H2,1-8H3. The molecule has 1 aromatic carbocycles. The molecular weight excluding hydrogens is 660 g/mol. The molecular formula is C51H97OP. The maximum Gasteiger partial charge on any atom is 0.123 e. The number of phenolic OH excluding ortho intramolecular Hbond substituents is 1. The van der Waals surface area contributed by atoms with Gasteiger partial charge in [0.15, 0.2) is 0 Å². The normalized spacial score (nSPS) is 12.4. The lowest BCUT2D eigenvalue weighted by atomic mass is 9.78. The van der Waals surface area contributed by atoms with Crippen molar-refractivity contribution in [3.05, 3.63) is 28.8 Å². The van der Waals surface area contributed by atoms with Gasteiger partial charge >= 0.3 is 0 Å². The van der Waals surface area contributed by atoms with E-state index in [4.69, 9.17) is 0 Å². The van der Waals surface area contributed by atoms with Crippen LogP contribution in [0.15, 0.2) is 12.1 Å². The Hall–Kier alpha value is -0.550. The molecule has 0 radical (unpaired) electrons. The highest BCUT2D eigenvalue weighted by atomic mass is 31.1. The molecule has 0 aliphatic carbocycles. The van der Waals surface area contributed by atoms with E-state index in [2.05, 4.69) is 67.5 Å². The Morgan fingerprint density at radius 2 is 0.604 bits per heavy atom. The monoisotopic (exact) mass is 757 g/mol. The summed E-state index contributed by atoms with van der Waals surface area (Å²) in [4.78, 5) is 0. The third-order valence-corrected chi connectivity index (χ3v) is 14.6. The van der Waals surface area contributed by atoms with Gasteiger partial charge in [0.2, 0.25) is 0 Å². The third-order valence-electron chi connectivity index (χ3n) is 11.8. The Morgan fingerprint density at radius 3 is 0.830 bits per heavy atom. The fourth-order valence-electron chi connectivity index (χ4n) is 8.22. The van der Waals surface area contributed by atoms with E-state index in [9.17, 15) is 5.11 Å². The van der Waals surface area contributed by atoms with Gasteiger partial charge in [0.25, 0.3) is 0 Å². The van der Waals surface area contributed by atoms with Crippen LogP contribution in [0, 0.1) is 0 Å². The van der Waals surface area contributed by atoms with Crippen molar-refractivity contribution in [1.82, 2.24) is 0 Å². The van der Waals surface area contributed by atoms with Gasteiger partial charge in [-0.3, -0.25) is 0 Å². The number of benzene rings is 1. The Bertz CT molecular complexity index is 881. The lowest BCUT2D eigenvalue weighted by Crippen LogP contribution is -2.18. The van der Waals surface area contributed by atoms with Gasteiger partial charge in [0.1, 0.15) is 5.75 Å². The minimum atomic E-state index is -0.0510. The second-order valence-electron chi connectivity index (χ2n) is 19.4. The molecule has 0 unspecified atom stereocenters. The summed E-state index contributed by atoms with van der Waals surface area (Å²) < 4.78 is 0. The van der Waals surface area contributed by atoms with Gasteiger partial charge in [-0.1, -0.05) is 260 Å². The molecule has 0 aromatic heterocycles. The molecule has 0 fully saturated rings. The molecule has 0 aliphatic heterocycles. The van der Waals surface area contributed by atoms with Crippen LogP contribution in [-0.4, -0.2) is 17.4 Å². The maximum absolute atomic E-state index is 11.3. The first-order valence-electron chi connectivity index (χ1n) is 24.1. The minimum absolute atomic E-state index is 0.0100. The van der Waals surface area contributed by atoms with Crippen LogP contribution < -0.4 is 0 Å². The molecule has 0 aliphatic rings. The quantitative estimate of drug-likeness (QED) is 0.0534. The molecule has 53 heavy (non-hydrogen) atoms. The van der Waals surface area contributed by atoms with Crippen molar-refractivity contribution in [3.63, 3.8) is 0 Å². The lowest BCUT2D eigenvalue weighted by Gasteiger charge is -2.29. The Labute approximate surface area is 336 Å². The van der Waals surface area contributed by atoms with Crippen molar-refractivity contribution in [2.24, 2.45) is 0 Å². The van der Waals surface area contributed by atoms with E-state index in [0.717, 1.165) is 11.1 Å². The Balaban J connectivity index is 2.44. The molecule has 0 saturated heterocycles. The van der Waals surface area contributed by atoms with Gasteiger partial charge in [0.05, 0.1) is 0 Å². The van der Waals surface area contributed by atoms with Gasteiger partial charge in [-0.15, -0.1) is 7.92 Å². The van der Waals surface area contributed by atoms with E-state index in [1.165, 1.54) is 230 Å². The molecule has 0 heterocycles. The summed E-state index contributed by atoms with van der Waals surface area (Å²) in [5, 5.41) is 11.3. The van der Waals surface area contributed by atoms with Crippen LogP contribution in [-0.2, 0) is 17.0 Å². The van der Waals surface area contributed by atoms with Gasteiger partial charge in [0, 0.05) is 0 Å². The predicted molar refractivity (Wildman–Crippen MR) is 245 cm³/mol. The van der Waals surface area contributed by atoms with Crippen molar-refractivity contribution in [1.29, 1.82) is 0 Å². The summed E-state index contributed by atoms with van der Waals surface area (Å²) >= 11 is 0. The van der Waals surface area contributed by atoms with Crippen LogP contribution in [0.2, 0.25) is 0 Å². The topological polar surface area (TPSA) is 20.2 Å². The maximum atomic E-state index is 11.3. The zero-order valence-corrected chi connectivity index (χ0v) is 38.7. The van der Waals surface area contributed by atoms with E-state index >= 15 is 0 Å². The first kappa shape index (κ1) is 50.5. The van der Waals surface area contributed by atoms with Gasteiger partial charge in [-0.05, 0) is 58.8 Å². The lowest BCUT2D eigenvalue weighted by molar-refractivity contribution is 0.423. The average molecular weight is 757 g/mol. The molecule has 0 spiro atoms. The fourth-order valence-corrected chi connectivity index (χ4v) is 10.8. The highest BCUT2D eigenvalue weighted by Crippen LogP contribution is 2.46. The smallest absolute Gasteiger partial charge is 0.123 e. The highest BCUT2D eigenvalue weighted by molar-refractivity contribution is 7.56. The molecule has 2 heteroatoms. The summed E-state index contributed by atoms with van der Waals surface area (Å²) in [6, 6.07) is 4.75. The van der Waals surface area contributed by atoms with Crippen LogP contribution in [0.3, 0.4) is 0 Å². The number of hydrogen-bond donors (Lipinski definition) is 1. The van der Waals surface area contributed by atoms with E-state index in [1.807, 2.05) is 0 Å². The number of phenols is 1. The largest absolute Gasteiger partial charge is 0.507 e. The van der Waals surface area contributed by atoms with Crippen molar-refractivity contribution in [3.8, 4) is 5.75 Å². The van der Waals surface area contributed by atoms with Crippen LogP contribution in [0.25, 0.3) is 0 Å². The molecule has 1 aromatic rings. The number of unbranched alkanes of at least 4 members (excludes halogenated alkanes) is 30. The number of aromatic hydroxyl groups is 1. The van der Waals surface area contributed by atoms with Crippen LogP contribution in [0.5, 0.6) is 5.75 Å². The van der Waals surface area contributed by atoms with E-state index in [1.54, 1.807) is 0 Å². The molecule has 1 rings (SSSR count). The summed E-state index contributed by atoms with van der Waals surface area (Å²) in [6.45, 7) is 18.2. The second kappa shape index (κ2) is 32.5. The van der Waals surface area contributed by atoms with E-state index in [0.29, 0.717) is 5.75 Å². The first-order chi connectivity index (χ1) is 25.5. The summed E-state index contributed by atoms with van der Waals surface area (Å²) in [7, 11) is -0.0100. The van der Waals surface area contributed by atoms with Crippen LogP contribution in [0.1, 0.15) is 278 Å². The zero-order chi connectivity index (χ0) is 39.0. The highest BCUT2D eigenvalue weighted by Gasteiger charge is 2.27. The molecule has 1 nitrogen and oxygen atoms in total. The summed E-state index contributed by atoms with van der Waals surface area (Å²) in [6.07, 6.45) is 50.3. The third kappa shape index (κ3) is 27.7. The Morgan fingerprint density at radius 1 is 0.377 bits per heavy atom. The Kier molecular flexibility index (Phi) is 31.0. The van der Waals surface area contributed by atoms with E-state index < -0.39 is 0 Å². The fraction of sp³-hybridized carbons (Fsp3) is 0.882. The van der Waals surface area contributed by atoms with Gasteiger partial charge in [-0.2, -0.15) is 0 Å². The first-order valence-corrected chi connectivity index (χ1v) is 26.0. The number of hydrogen-bond acceptors (Lipinski definition) is 1.